The number of nitriles is 1. The molecule has 2 aliphatic rings. The van der Waals surface area contributed by atoms with E-state index in [0.717, 1.165) is 30.4 Å². The van der Waals surface area contributed by atoms with Crippen LogP contribution in [0.3, 0.4) is 0 Å². The lowest BCUT2D eigenvalue weighted by Crippen LogP contribution is -3.07. The Kier molecular flexibility index (Phi) is 2.75. The summed E-state index contributed by atoms with van der Waals surface area (Å²) < 4.78 is 0. The molecule has 1 aromatic rings. The maximum absolute atomic E-state index is 11.9. The maximum Gasteiger partial charge on any atom is 0.114 e. The fourth-order valence-corrected chi connectivity index (χ4v) is 2.90. The van der Waals surface area contributed by atoms with Crippen molar-refractivity contribution in [1.82, 2.24) is 0 Å². The molecule has 2 atom stereocenters. The molecule has 0 spiro atoms. The summed E-state index contributed by atoms with van der Waals surface area (Å²) in [6.07, 6.45) is 8.00. The molecule has 1 N–H and O–H groups in total. The molecule has 2 unspecified atom stereocenters. The normalized spacial score (nSPS) is 25.4. The van der Waals surface area contributed by atoms with E-state index < -0.39 is 0 Å². The molecule has 1 aliphatic carbocycles. The van der Waals surface area contributed by atoms with Crippen LogP contribution in [0.15, 0.2) is 42.1 Å². The Morgan fingerprint density at radius 2 is 2.28 bits per heavy atom. The number of allylic oxidation sites excluding steroid dienone is 2. The first-order valence-corrected chi connectivity index (χ1v) is 6.21. The SMILES string of the molecule is N#Cc1cccc2c1CCC1C(=CC=C[NH+]1[O-])C2. The van der Waals surface area contributed by atoms with Gasteiger partial charge in [-0.1, -0.05) is 18.2 Å². The average molecular weight is 238 g/mol. The van der Waals surface area contributed by atoms with Crippen LogP contribution in [-0.4, -0.2) is 6.04 Å². The molecule has 1 heterocycles. The standard InChI is InChI=1S/C15H14N2O/c16-10-13-4-1-3-11-9-12-5-2-8-17(18)15(12)7-6-14(11)13/h1-5,8,15,17H,6-7,9H2. The van der Waals surface area contributed by atoms with Gasteiger partial charge < -0.3 is 10.3 Å². The summed E-state index contributed by atoms with van der Waals surface area (Å²) in [5, 5.41) is 21.3. The molecule has 18 heavy (non-hydrogen) atoms. The van der Waals surface area contributed by atoms with Gasteiger partial charge in [-0.05, 0) is 41.7 Å². The lowest BCUT2D eigenvalue weighted by molar-refractivity contribution is -0.816. The average Bonchev–Trinajstić information content (AvgIpc) is 2.58. The number of fused-ring (bicyclic) bond motifs is 2. The highest BCUT2D eigenvalue weighted by molar-refractivity contribution is 5.46. The van der Waals surface area contributed by atoms with Gasteiger partial charge in [0, 0.05) is 6.42 Å². The van der Waals surface area contributed by atoms with Gasteiger partial charge in [-0.3, -0.25) is 0 Å². The Hall–Kier alpha value is -1.89. The molecular formula is C15H14N2O. The Morgan fingerprint density at radius 3 is 3.11 bits per heavy atom. The molecular weight excluding hydrogens is 224 g/mol. The number of nitrogens with zero attached hydrogens (tertiary/aromatic N) is 1. The first kappa shape index (κ1) is 11.2. The largest absolute Gasteiger partial charge is 0.629 e. The number of hydrogen-bond acceptors (Lipinski definition) is 2. The van der Waals surface area contributed by atoms with Crippen LogP contribution < -0.4 is 5.06 Å². The van der Waals surface area contributed by atoms with Crippen molar-refractivity contribution < 1.29 is 5.06 Å². The van der Waals surface area contributed by atoms with Crippen LogP contribution in [0.25, 0.3) is 0 Å². The zero-order valence-corrected chi connectivity index (χ0v) is 10.0. The van der Waals surface area contributed by atoms with E-state index in [2.05, 4.69) is 18.2 Å². The summed E-state index contributed by atoms with van der Waals surface area (Å²) >= 11 is 0. The third kappa shape index (κ3) is 1.76. The fraction of sp³-hybridized carbons (Fsp3) is 0.267. The van der Waals surface area contributed by atoms with Crippen molar-refractivity contribution in [3.05, 3.63) is 64.0 Å². The lowest BCUT2D eigenvalue weighted by atomic mass is 9.96. The van der Waals surface area contributed by atoms with E-state index in [1.54, 1.807) is 6.20 Å². The third-order valence-corrected chi connectivity index (χ3v) is 3.83. The quantitative estimate of drug-likeness (QED) is 0.692. The number of nitrogens with one attached hydrogen (secondary N) is 1. The van der Waals surface area contributed by atoms with Crippen molar-refractivity contribution in [1.29, 1.82) is 5.26 Å². The Balaban J connectivity index is 2.04. The zero-order chi connectivity index (χ0) is 12.5. The van der Waals surface area contributed by atoms with Crippen LogP contribution in [0.4, 0.5) is 0 Å². The van der Waals surface area contributed by atoms with Crippen LogP contribution in [0, 0.1) is 16.5 Å². The predicted molar refractivity (Wildman–Crippen MR) is 68.5 cm³/mol. The highest BCUT2D eigenvalue weighted by Crippen LogP contribution is 2.26. The Labute approximate surface area is 106 Å². The first-order chi connectivity index (χ1) is 8.79. The number of quaternary nitrogens is 1. The second-order valence-electron chi connectivity index (χ2n) is 4.83. The molecule has 3 nitrogen and oxygen atoms in total. The number of benzene rings is 1. The van der Waals surface area contributed by atoms with Crippen LogP contribution in [-0.2, 0) is 12.8 Å². The molecule has 90 valence electrons. The minimum absolute atomic E-state index is 0.0222. The van der Waals surface area contributed by atoms with Crippen molar-refractivity contribution in [3.63, 3.8) is 0 Å². The van der Waals surface area contributed by atoms with Gasteiger partial charge in [0.25, 0.3) is 0 Å². The van der Waals surface area contributed by atoms with E-state index in [1.165, 1.54) is 11.1 Å². The fourth-order valence-electron chi connectivity index (χ4n) is 2.90. The molecule has 0 aromatic heterocycles. The van der Waals surface area contributed by atoms with E-state index in [1.807, 2.05) is 18.2 Å². The molecule has 1 aromatic carbocycles. The summed E-state index contributed by atoms with van der Waals surface area (Å²) in [6.45, 7) is 0. The van der Waals surface area contributed by atoms with E-state index in [4.69, 9.17) is 5.26 Å². The molecule has 3 rings (SSSR count). The van der Waals surface area contributed by atoms with Crippen molar-refractivity contribution in [2.24, 2.45) is 0 Å². The first-order valence-electron chi connectivity index (χ1n) is 6.21. The summed E-state index contributed by atoms with van der Waals surface area (Å²) in [6, 6.07) is 8.14. The van der Waals surface area contributed by atoms with Crippen LogP contribution >= 0.6 is 0 Å². The van der Waals surface area contributed by atoms with Gasteiger partial charge in [0.15, 0.2) is 0 Å². The summed E-state index contributed by atoms with van der Waals surface area (Å²) in [5.41, 5.74) is 4.28. The van der Waals surface area contributed by atoms with Gasteiger partial charge in [0.05, 0.1) is 17.8 Å². The predicted octanol–water partition coefficient (Wildman–Crippen LogP) is 1.25. The summed E-state index contributed by atoms with van der Waals surface area (Å²) in [7, 11) is 0. The Bertz CT molecular complexity index is 581. The van der Waals surface area contributed by atoms with E-state index >= 15 is 0 Å². The molecule has 0 saturated carbocycles. The van der Waals surface area contributed by atoms with Gasteiger partial charge in [0.1, 0.15) is 6.04 Å². The van der Waals surface area contributed by atoms with Crippen molar-refractivity contribution in [2.45, 2.75) is 25.3 Å². The van der Waals surface area contributed by atoms with Gasteiger partial charge in [-0.25, -0.2) is 0 Å². The summed E-state index contributed by atoms with van der Waals surface area (Å²) in [5.74, 6) is 0. The topological polar surface area (TPSA) is 51.3 Å². The second-order valence-corrected chi connectivity index (χ2v) is 4.83. The Morgan fingerprint density at radius 1 is 1.39 bits per heavy atom. The summed E-state index contributed by atoms with van der Waals surface area (Å²) in [4.78, 5) is 0. The van der Waals surface area contributed by atoms with Crippen molar-refractivity contribution in [3.8, 4) is 6.07 Å². The van der Waals surface area contributed by atoms with E-state index in [0.29, 0.717) is 0 Å². The van der Waals surface area contributed by atoms with Crippen molar-refractivity contribution >= 4 is 0 Å². The van der Waals surface area contributed by atoms with Gasteiger partial charge in [-0.2, -0.15) is 5.26 Å². The molecule has 0 saturated heterocycles. The number of rotatable bonds is 0. The highest BCUT2D eigenvalue weighted by atomic mass is 16.5. The molecule has 0 fully saturated rings. The molecule has 0 amide bonds. The van der Waals surface area contributed by atoms with Gasteiger partial charge >= 0.3 is 0 Å². The van der Waals surface area contributed by atoms with Crippen molar-refractivity contribution in [2.75, 3.05) is 0 Å². The number of hydrogen-bond donors (Lipinski definition) is 1. The lowest BCUT2D eigenvalue weighted by Gasteiger charge is -2.31. The minimum Gasteiger partial charge on any atom is -0.629 e. The maximum atomic E-state index is 11.9. The zero-order valence-electron chi connectivity index (χ0n) is 10.0. The van der Waals surface area contributed by atoms with Gasteiger partial charge in [0.2, 0.25) is 0 Å². The van der Waals surface area contributed by atoms with Crippen LogP contribution in [0.5, 0.6) is 0 Å². The molecule has 0 radical (unpaired) electrons. The monoisotopic (exact) mass is 238 g/mol. The molecule has 0 bridgehead atoms. The second kappa shape index (κ2) is 4.41. The number of hydroxylamine groups is 2. The van der Waals surface area contributed by atoms with E-state index in [9.17, 15) is 5.21 Å². The molecule has 3 heteroatoms. The van der Waals surface area contributed by atoms with Crippen LogP contribution in [0.2, 0.25) is 0 Å². The smallest absolute Gasteiger partial charge is 0.114 e. The van der Waals surface area contributed by atoms with E-state index in [-0.39, 0.29) is 11.1 Å². The van der Waals surface area contributed by atoms with Crippen LogP contribution in [0.1, 0.15) is 23.1 Å². The highest BCUT2D eigenvalue weighted by Gasteiger charge is 2.27. The van der Waals surface area contributed by atoms with Gasteiger partial charge in [-0.15, -0.1) is 0 Å². The minimum atomic E-state index is 0.0222. The molecule has 1 aliphatic heterocycles. The third-order valence-electron chi connectivity index (χ3n) is 3.83.